The Labute approximate surface area is 114 Å². The van der Waals surface area contributed by atoms with E-state index in [1.807, 2.05) is 6.07 Å². The van der Waals surface area contributed by atoms with E-state index in [1.165, 1.54) is 18.2 Å². The molecule has 1 heterocycles. The smallest absolute Gasteiger partial charge is 0.333 e. The lowest BCUT2D eigenvalue weighted by molar-refractivity contribution is -0.136. The summed E-state index contributed by atoms with van der Waals surface area (Å²) in [5.41, 5.74) is 4.12. The van der Waals surface area contributed by atoms with Crippen LogP contribution in [0.15, 0.2) is 41.4 Å². The van der Waals surface area contributed by atoms with Crippen molar-refractivity contribution in [3.05, 3.63) is 47.5 Å². The minimum Gasteiger partial charge on any atom is -0.466 e. The first-order valence-electron chi connectivity index (χ1n) is 6.52. The minimum absolute atomic E-state index is 0.174. The van der Waals surface area contributed by atoms with Crippen molar-refractivity contribution in [1.82, 2.24) is 0 Å². The molecule has 1 aromatic rings. The lowest BCUT2D eigenvalue weighted by Gasteiger charge is -2.22. The van der Waals surface area contributed by atoms with E-state index in [0.29, 0.717) is 12.0 Å². The van der Waals surface area contributed by atoms with Crippen LogP contribution in [-0.4, -0.2) is 25.3 Å². The Kier molecular flexibility index (Phi) is 4.15. The number of fused-ring (bicyclic) bond motifs is 1. The molecule has 0 aliphatic carbocycles. The zero-order chi connectivity index (χ0) is 13.8. The van der Waals surface area contributed by atoms with Gasteiger partial charge in [0.05, 0.1) is 7.11 Å². The third-order valence-corrected chi connectivity index (χ3v) is 3.45. The number of nitrogens with zero attached hydrogens (tertiary/aromatic N) is 1. The molecular formula is C16H19NO2. The van der Waals surface area contributed by atoms with Crippen LogP contribution in [0.1, 0.15) is 24.5 Å². The molecule has 0 N–H and O–H groups in total. The third kappa shape index (κ3) is 2.92. The van der Waals surface area contributed by atoms with Gasteiger partial charge >= 0.3 is 5.97 Å². The van der Waals surface area contributed by atoms with Gasteiger partial charge in [-0.1, -0.05) is 37.8 Å². The molecule has 1 atom stereocenters. The van der Waals surface area contributed by atoms with Crippen molar-refractivity contribution in [2.45, 2.75) is 19.8 Å². The molecule has 0 fully saturated rings. The Bertz CT molecular complexity index is 531. The zero-order valence-electron chi connectivity index (χ0n) is 11.5. The van der Waals surface area contributed by atoms with Crippen molar-refractivity contribution < 1.29 is 9.53 Å². The summed E-state index contributed by atoms with van der Waals surface area (Å²) < 4.78 is 4.69. The highest BCUT2D eigenvalue weighted by molar-refractivity contribution is 6.04. The maximum absolute atomic E-state index is 11.4. The maximum Gasteiger partial charge on any atom is 0.333 e. The average molecular weight is 257 g/mol. The standard InChI is InChI=1S/C16H19NO2/c1-11(10-12(2)16(18)19-3)15-14-7-5-4-6-13(14)8-9-17-15/h4-7,11H,2,8-10H2,1,3H3. The molecule has 0 amide bonds. The van der Waals surface area contributed by atoms with Crippen molar-refractivity contribution in [2.24, 2.45) is 10.9 Å². The number of hydrogen-bond donors (Lipinski definition) is 0. The minimum atomic E-state index is -0.337. The maximum atomic E-state index is 11.4. The molecule has 0 radical (unpaired) electrons. The first-order chi connectivity index (χ1) is 9.13. The van der Waals surface area contributed by atoms with Gasteiger partial charge in [-0.25, -0.2) is 4.79 Å². The molecule has 3 heteroatoms. The van der Waals surface area contributed by atoms with Crippen LogP contribution in [0.25, 0.3) is 0 Å². The van der Waals surface area contributed by atoms with Gasteiger partial charge in [-0.2, -0.15) is 0 Å². The van der Waals surface area contributed by atoms with Crippen LogP contribution >= 0.6 is 0 Å². The lowest BCUT2D eigenvalue weighted by atomic mass is 9.87. The molecule has 1 aliphatic heterocycles. The molecule has 0 saturated carbocycles. The number of hydrogen-bond acceptors (Lipinski definition) is 3. The van der Waals surface area contributed by atoms with Gasteiger partial charge in [0.25, 0.3) is 0 Å². The second-order valence-corrected chi connectivity index (χ2v) is 4.87. The van der Waals surface area contributed by atoms with Crippen LogP contribution in [-0.2, 0) is 16.0 Å². The highest BCUT2D eigenvalue weighted by Crippen LogP contribution is 2.23. The van der Waals surface area contributed by atoms with E-state index in [2.05, 4.69) is 36.7 Å². The Morgan fingerprint density at radius 1 is 1.47 bits per heavy atom. The first-order valence-corrected chi connectivity index (χ1v) is 6.52. The average Bonchev–Trinajstić information content (AvgIpc) is 2.45. The summed E-state index contributed by atoms with van der Waals surface area (Å²) in [5, 5.41) is 0. The second-order valence-electron chi connectivity index (χ2n) is 4.87. The van der Waals surface area contributed by atoms with E-state index in [9.17, 15) is 4.79 Å². The van der Waals surface area contributed by atoms with Gasteiger partial charge in [0, 0.05) is 23.7 Å². The summed E-state index contributed by atoms with van der Waals surface area (Å²) in [6, 6.07) is 8.33. The lowest BCUT2D eigenvalue weighted by Crippen LogP contribution is -2.21. The van der Waals surface area contributed by atoms with Crippen molar-refractivity contribution in [1.29, 1.82) is 0 Å². The third-order valence-electron chi connectivity index (χ3n) is 3.45. The van der Waals surface area contributed by atoms with Gasteiger partial charge in [-0.15, -0.1) is 0 Å². The molecule has 0 saturated heterocycles. The fourth-order valence-corrected chi connectivity index (χ4v) is 2.49. The topological polar surface area (TPSA) is 38.7 Å². The van der Waals surface area contributed by atoms with E-state index in [0.717, 1.165) is 18.7 Å². The molecule has 0 bridgehead atoms. The second kappa shape index (κ2) is 5.83. The van der Waals surface area contributed by atoms with E-state index >= 15 is 0 Å². The van der Waals surface area contributed by atoms with Crippen LogP contribution < -0.4 is 0 Å². The van der Waals surface area contributed by atoms with Crippen LogP contribution in [0.5, 0.6) is 0 Å². The zero-order valence-corrected chi connectivity index (χ0v) is 11.5. The molecule has 1 aliphatic rings. The predicted molar refractivity (Wildman–Crippen MR) is 76.5 cm³/mol. The number of rotatable bonds is 4. The summed E-state index contributed by atoms with van der Waals surface area (Å²) in [4.78, 5) is 16.0. The predicted octanol–water partition coefficient (Wildman–Crippen LogP) is 2.79. The molecule has 1 aromatic carbocycles. The van der Waals surface area contributed by atoms with E-state index in [1.54, 1.807) is 0 Å². The van der Waals surface area contributed by atoms with Crippen molar-refractivity contribution in [2.75, 3.05) is 13.7 Å². The number of carbonyl (C=O) groups excluding carboxylic acids is 1. The number of benzene rings is 1. The van der Waals surface area contributed by atoms with Gasteiger partial charge in [-0.05, 0) is 24.0 Å². The highest BCUT2D eigenvalue weighted by atomic mass is 16.5. The van der Waals surface area contributed by atoms with Gasteiger partial charge in [0.15, 0.2) is 0 Å². The van der Waals surface area contributed by atoms with Crippen molar-refractivity contribution in [3.63, 3.8) is 0 Å². The number of carbonyl (C=O) groups is 1. The van der Waals surface area contributed by atoms with E-state index in [4.69, 9.17) is 4.74 Å². The number of ether oxygens (including phenoxy) is 1. The normalized spacial score (nSPS) is 15.2. The molecule has 100 valence electrons. The largest absolute Gasteiger partial charge is 0.466 e. The summed E-state index contributed by atoms with van der Waals surface area (Å²) in [6.07, 6.45) is 1.57. The quantitative estimate of drug-likeness (QED) is 0.614. The molecular weight excluding hydrogens is 238 g/mol. The molecule has 0 aromatic heterocycles. The molecule has 0 spiro atoms. The van der Waals surface area contributed by atoms with Crippen LogP contribution in [0, 0.1) is 5.92 Å². The van der Waals surface area contributed by atoms with Gasteiger partial charge in [0.1, 0.15) is 0 Å². The highest BCUT2D eigenvalue weighted by Gasteiger charge is 2.21. The fourth-order valence-electron chi connectivity index (χ4n) is 2.49. The number of esters is 1. The Hall–Kier alpha value is -1.90. The molecule has 2 rings (SSSR count). The van der Waals surface area contributed by atoms with Gasteiger partial charge in [-0.3, -0.25) is 4.99 Å². The number of aliphatic imine (C=N–C) groups is 1. The number of methoxy groups -OCH3 is 1. The molecule has 19 heavy (non-hydrogen) atoms. The summed E-state index contributed by atoms with van der Waals surface area (Å²) in [6.45, 7) is 6.69. The van der Waals surface area contributed by atoms with Crippen molar-refractivity contribution in [3.8, 4) is 0 Å². The van der Waals surface area contributed by atoms with E-state index in [-0.39, 0.29) is 11.9 Å². The monoisotopic (exact) mass is 257 g/mol. The Balaban J connectivity index is 2.16. The van der Waals surface area contributed by atoms with Crippen molar-refractivity contribution >= 4 is 11.7 Å². The Morgan fingerprint density at radius 3 is 2.95 bits per heavy atom. The Morgan fingerprint density at radius 2 is 2.21 bits per heavy atom. The van der Waals surface area contributed by atoms with Crippen LogP contribution in [0.2, 0.25) is 0 Å². The van der Waals surface area contributed by atoms with Gasteiger partial charge < -0.3 is 4.74 Å². The van der Waals surface area contributed by atoms with E-state index < -0.39 is 0 Å². The fraction of sp³-hybridized carbons (Fsp3) is 0.375. The first kappa shape index (κ1) is 13.5. The van der Waals surface area contributed by atoms with Crippen LogP contribution in [0.3, 0.4) is 0 Å². The van der Waals surface area contributed by atoms with Gasteiger partial charge in [0.2, 0.25) is 0 Å². The molecule has 3 nitrogen and oxygen atoms in total. The van der Waals surface area contributed by atoms with Crippen LogP contribution in [0.4, 0.5) is 0 Å². The SMILES string of the molecule is C=C(CC(C)C1=NCCc2ccccc21)C(=O)OC. The summed E-state index contributed by atoms with van der Waals surface area (Å²) in [5.74, 6) is -0.162. The molecule has 1 unspecified atom stereocenters. The summed E-state index contributed by atoms with van der Waals surface area (Å²) >= 11 is 0. The summed E-state index contributed by atoms with van der Waals surface area (Å²) in [7, 11) is 1.38.